The molecule has 0 unspecified atom stereocenters. The fourth-order valence-corrected chi connectivity index (χ4v) is 3.69. The average Bonchev–Trinajstić information content (AvgIpc) is 2.62. The van der Waals surface area contributed by atoms with E-state index in [9.17, 15) is 13.2 Å². The lowest BCUT2D eigenvalue weighted by Crippen LogP contribution is -2.10. The maximum absolute atomic E-state index is 13.5. The average molecular weight is 506 g/mol. The van der Waals surface area contributed by atoms with E-state index in [1.54, 1.807) is 0 Å². The molecule has 0 saturated carbocycles. The van der Waals surface area contributed by atoms with Crippen molar-refractivity contribution in [3.63, 3.8) is 0 Å². The van der Waals surface area contributed by atoms with E-state index in [0.29, 0.717) is 11.1 Å². The second-order valence-electron chi connectivity index (χ2n) is 5.63. The minimum absolute atomic E-state index is 0.0141. The van der Waals surface area contributed by atoms with Gasteiger partial charge in [0.2, 0.25) is 0 Å². The van der Waals surface area contributed by atoms with Crippen molar-refractivity contribution in [1.29, 1.82) is 0 Å². The molecule has 146 valence electrons. The smallest absolute Gasteiger partial charge is 0.251 e. The van der Waals surface area contributed by atoms with Crippen LogP contribution in [0.1, 0.15) is 5.69 Å². The van der Waals surface area contributed by atoms with E-state index in [2.05, 4.69) is 4.98 Å². The Hall–Kier alpha value is -0.880. The number of alkyl halides is 3. The van der Waals surface area contributed by atoms with Crippen LogP contribution in [0.3, 0.4) is 0 Å². The first-order valence-electron chi connectivity index (χ1n) is 7.36. The summed E-state index contributed by atoms with van der Waals surface area (Å²) in [6.07, 6.45) is -3.64. The third-order valence-corrected chi connectivity index (χ3v) is 6.16. The van der Waals surface area contributed by atoms with Gasteiger partial charge in [-0.1, -0.05) is 69.6 Å². The molecule has 2 aromatic carbocycles. The Bertz CT molecular complexity index is 1040. The Kier molecular flexibility index (Phi) is 6.31. The van der Waals surface area contributed by atoms with Gasteiger partial charge in [-0.25, -0.2) is 0 Å². The quantitative estimate of drug-likeness (QED) is 0.316. The lowest BCUT2D eigenvalue weighted by Gasteiger charge is -2.15. The monoisotopic (exact) mass is 503 g/mol. The first-order valence-corrected chi connectivity index (χ1v) is 9.63. The summed E-state index contributed by atoms with van der Waals surface area (Å²) >= 11 is 35.8. The number of halogens is 9. The van der Waals surface area contributed by atoms with E-state index < -0.39 is 11.9 Å². The number of rotatable bonds is 2. The summed E-state index contributed by atoms with van der Waals surface area (Å²) in [5.41, 5.74) is -0.449. The molecule has 1 aromatic heterocycles. The highest BCUT2D eigenvalue weighted by Gasteiger charge is 2.36. The predicted octanol–water partition coefficient (Wildman–Crippen LogP) is 9.35. The maximum atomic E-state index is 13.5. The molecule has 0 fully saturated rings. The summed E-state index contributed by atoms with van der Waals surface area (Å²) < 4.78 is 40.5. The Morgan fingerprint density at radius 2 is 1.04 bits per heavy atom. The van der Waals surface area contributed by atoms with Gasteiger partial charge in [0, 0.05) is 17.3 Å². The molecule has 0 aliphatic rings. The molecular weight excluding hydrogens is 500 g/mol. The lowest BCUT2D eigenvalue weighted by molar-refractivity contribution is -0.140. The number of benzene rings is 2. The van der Waals surface area contributed by atoms with Gasteiger partial charge in [-0.15, -0.1) is 0 Å². The van der Waals surface area contributed by atoms with Crippen LogP contribution in [0.2, 0.25) is 30.1 Å². The molecule has 3 rings (SSSR count). The molecule has 1 nitrogen and oxygen atoms in total. The van der Waals surface area contributed by atoms with E-state index in [4.69, 9.17) is 69.6 Å². The SMILES string of the molecule is FC(F)(F)c1ncc(-c2cc(Cl)c(Cl)c(Cl)c2)cc1-c1cc(Cl)c(Cl)c(Cl)c1. The van der Waals surface area contributed by atoms with Crippen molar-refractivity contribution >= 4 is 69.6 Å². The zero-order chi connectivity index (χ0) is 20.8. The molecule has 0 bridgehead atoms. The zero-order valence-corrected chi connectivity index (χ0v) is 17.8. The van der Waals surface area contributed by atoms with Crippen molar-refractivity contribution in [2.24, 2.45) is 0 Å². The second-order valence-corrected chi connectivity index (χ2v) is 8.01. The third kappa shape index (κ3) is 4.33. The van der Waals surface area contributed by atoms with Gasteiger partial charge >= 0.3 is 6.18 Å². The molecule has 0 aliphatic heterocycles. The molecule has 0 amide bonds. The van der Waals surface area contributed by atoms with Crippen LogP contribution >= 0.6 is 69.6 Å². The van der Waals surface area contributed by atoms with Crippen LogP contribution in [0.4, 0.5) is 13.2 Å². The van der Waals surface area contributed by atoms with E-state index in [1.165, 1.54) is 30.3 Å². The van der Waals surface area contributed by atoms with Gasteiger partial charge in [-0.3, -0.25) is 4.98 Å². The molecule has 0 saturated heterocycles. The minimum atomic E-state index is -4.71. The molecular formula is C18H6Cl6F3N. The van der Waals surface area contributed by atoms with Crippen LogP contribution < -0.4 is 0 Å². The molecule has 0 N–H and O–H groups in total. The number of hydrogen-bond acceptors (Lipinski definition) is 1. The van der Waals surface area contributed by atoms with E-state index >= 15 is 0 Å². The molecule has 0 radical (unpaired) electrons. The van der Waals surface area contributed by atoms with Crippen molar-refractivity contribution in [3.05, 3.63) is 72.4 Å². The van der Waals surface area contributed by atoms with Crippen molar-refractivity contribution < 1.29 is 13.2 Å². The van der Waals surface area contributed by atoms with Crippen molar-refractivity contribution in [1.82, 2.24) is 4.98 Å². The number of pyridine rings is 1. The molecule has 1 heterocycles. The van der Waals surface area contributed by atoms with Gasteiger partial charge in [0.1, 0.15) is 0 Å². The van der Waals surface area contributed by atoms with Gasteiger partial charge in [-0.05, 0) is 41.5 Å². The molecule has 0 aliphatic carbocycles. The third-order valence-electron chi connectivity index (χ3n) is 3.77. The standard InChI is InChI=1S/C18H6Cl6F3N/c19-11-2-7(3-12(20)15(11)23)9-1-10(17(28-6-9)18(25,26)27)8-4-13(21)16(24)14(22)5-8/h1-6H. The molecule has 3 aromatic rings. The van der Waals surface area contributed by atoms with Crippen molar-refractivity contribution in [3.8, 4) is 22.3 Å². The van der Waals surface area contributed by atoms with Crippen molar-refractivity contribution in [2.75, 3.05) is 0 Å². The highest BCUT2D eigenvalue weighted by atomic mass is 35.5. The summed E-state index contributed by atoms with van der Waals surface area (Å²) in [7, 11) is 0. The lowest BCUT2D eigenvalue weighted by atomic mass is 9.98. The predicted molar refractivity (Wildman–Crippen MR) is 110 cm³/mol. The summed E-state index contributed by atoms with van der Waals surface area (Å²) in [4.78, 5) is 3.60. The van der Waals surface area contributed by atoms with Gasteiger partial charge in [0.05, 0.1) is 30.1 Å². The van der Waals surface area contributed by atoms with Crippen LogP contribution in [0, 0.1) is 0 Å². The number of hydrogen-bond donors (Lipinski definition) is 0. The van der Waals surface area contributed by atoms with Crippen LogP contribution in [0.25, 0.3) is 22.3 Å². The van der Waals surface area contributed by atoms with E-state index in [1.807, 2.05) is 0 Å². The highest BCUT2D eigenvalue weighted by Crippen LogP contribution is 2.42. The maximum Gasteiger partial charge on any atom is 0.433 e. The van der Waals surface area contributed by atoms with Crippen LogP contribution in [0.15, 0.2) is 36.5 Å². The second kappa shape index (κ2) is 8.10. The summed E-state index contributed by atoms with van der Waals surface area (Å²) in [6, 6.07) is 6.82. The van der Waals surface area contributed by atoms with Gasteiger partial charge in [0.15, 0.2) is 5.69 Å². The first-order chi connectivity index (χ1) is 13.0. The van der Waals surface area contributed by atoms with Crippen molar-refractivity contribution in [2.45, 2.75) is 6.18 Å². The summed E-state index contributed by atoms with van der Waals surface area (Å²) in [5, 5.41) is 0.524. The van der Waals surface area contributed by atoms with E-state index in [-0.39, 0.29) is 41.3 Å². The Labute approximate surface area is 187 Å². The topological polar surface area (TPSA) is 12.9 Å². The highest BCUT2D eigenvalue weighted by molar-refractivity contribution is 6.49. The fourth-order valence-electron chi connectivity index (χ4n) is 2.50. The summed E-state index contributed by atoms with van der Waals surface area (Å²) in [5.74, 6) is 0. The molecule has 0 spiro atoms. The van der Waals surface area contributed by atoms with Gasteiger partial charge < -0.3 is 0 Å². The largest absolute Gasteiger partial charge is 0.433 e. The minimum Gasteiger partial charge on any atom is -0.251 e. The molecule has 0 atom stereocenters. The fraction of sp³-hybridized carbons (Fsp3) is 0.0556. The van der Waals surface area contributed by atoms with Crippen LogP contribution in [-0.4, -0.2) is 4.98 Å². The molecule has 10 heteroatoms. The van der Waals surface area contributed by atoms with Gasteiger partial charge in [0.25, 0.3) is 0 Å². The van der Waals surface area contributed by atoms with Crippen LogP contribution in [-0.2, 0) is 6.18 Å². The summed E-state index contributed by atoms with van der Waals surface area (Å²) in [6.45, 7) is 0. The van der Waals surface area contributed by atoms with Crippen LogP contribution in [0.5, 0.6) is 0 Å². The Morgan fingerprint density at radius 1 is 0.607 bits per heavy atom. The molecule has 28 heavy (non-hydrogen) atoms. The first kappa shape index (κ1) is 21.8. The van der Waals surface area contributed by atoms with E-state index in [0.717, 1.165) is 6.20 Å². The zero-order valence-electron chi connectivity index (χ0n) is 13.3. The normalized spacial score (nSPS) is 11.8. The number of nitrogens with zero attached hydrogens (tertiary/aromatic N) is 1. The van der Waals surface area contributed by atoms with Gasteiger partial charge in [-0.2, -0.15) is 13.2 Å². The number of aromatic nitrogens is 1. The Balaban J connectivity index is 2.27. The Morgan fingerprint density at radius 3 is 1.46 bits per heavy atom.